The van der Waals surface area contributed by atoms with Gasteiger partial charge in [-0.15, -0.1) is 0 Å². The molecular formula is C92H104F8N8O24. The summed E-state index contributed by atoms with van der Waals surface area (Å²) in [6, 6.07) is 13.7. The zero-order valence-corrected chi connectivity index (χ0v) is 74.5. The van der Waals surface area contributed by atoms with Crippen LogP contribution in [0.15, 0.2) is 117 Å². The molecule has 8 N–H and O–H groups in total. The van der Waals surface area contributed by atoms with Gasteiger partial charge >= 0.3 is 0 Å². The standard InChI is InChI=1S/2C23H25F3N2O6.2C23H27FN2O6/c2*1-23(5-4-6-33-2)17(34-3)11-28-10-14(19(29)20(30)18(28)21(23)31)22(32)27-9-13-15(25)7-12(24)8-16(13)26;2*1-23(9-6-10-31-2)17(32-3)13-26-12-15(19(27)20(28)18(26)21(23)29)22(30)25-11-14-7-4-5-8-16(14)24/h2*7-8,10,17,30H,4-6,9,11H2,1-3H3,(H,27,32);2*4-5,7-8,12,17,28H,6,9-11,13H2,1-3H3,(H,25,30)/t17-,23+;17-,23-;17-,23+;17-,23-/m0000/s1. The van der Waals surface area contributed by atoms with Gasteiger partial charge in [0, 0.05) is 181 Å². The summed E-state index contributed by atoms with van der Waals surface area (Å²) in [5.74, 6) is -16.9. The number of halogens is 8. The van der Waals surface area contributed by atoms with Crippen molar-refractivity contribution in [2.45, 2.75) is 156 Å². The maximum absolute atomic E-state index is 13.8. The Morgan fingerprint density at radius 3 is 0.758 bits per heavy atom. The number of fused-ring (bicyclic) bond motifs is 4. The van der Waals surface area contributed by atoms with E-state index in [2.05, 4.69) is 21.3 Å². The minimum absolute atomic E-state index is 0.0659. The Hall–Kier alpha value is -12.4. The van der Waals surface area contributed by atoms with E-state index in [0.29, 0.717) is 102 Å². The topological polar surface area (TPSA) is 427 Å². The fourth-order valence-corrected chi connectivity index (χ4v) is 16.6. The van der Waals surface area contributed by atoms with Crippen molar-refractivity contribution in [2.75, 3.05) is 83.3 Å². The highest BCUT2D eigenvalue weighted by atomic mass is 19.2. The second-order valence-corrected chi connectivity index (χ2v) is 32.8. The molecule has 0 bridgehead atoms. The Bertz CT molecular complexity index is 5550. The number of nitrogens with one attached hydrogen (secondary N) is 4. The molecule has 0 saturated carbocycles. The number of aromatic nitrogens is 4. The van der Waals surface area contributed by atoms with Gasteiger partial charge in [-0.3, -0.25) is 57.5 Å². The lowest BCUT2D eigenvalue weighted by Gasteiger charge is -2.41. The third-order valence-corrected chi connectivity index (χ3v) is 24.4. The molecule has 0 saturated heterocycles. The molecule has 4 aromatic carbocycles. The molecule has 32 nitrogen and oxygen atoms in total. The van der Waals surface area contributed by atoms with Gasteiger partial charge in [0.1, 0.15) is 91.6 Å². The maximum Gasteiger partial charge on any atom is 0.257 e. The Morgan fingerprint density at radius 2 is 0.553 bits per heavy atom. The smallest absolute Gasteiger partial charge is 0.257 e. The molecule has 8 atom stereocenters. The molecule has 40 heteroatoms. The van der Waals surface area contributed by atoms with Crippen molar-refractivity contribution in [2.24, 2.45) is 21.7 Å². The largest absolute Gasteiger partial charge is 0.503 e. The maximum atomic E-state index is 13.8. The number of hydrogen-bond donors (Lipinski definition) is 8. The minimum Gasteiger partial charge on any atom is -0.503 e. The SMILES string of the molecule is COCCC[C@@]1(C)C(=O)c2c(O)c(=O)c(C(=O)NCc3c(F)cc(F)cc3F)cn2C[C@@H]1OC.COCCC[C@@]1(C)C(=O)c2c(O)c(=O)c(C(=O)NCc3ccccc3F)cn2C[C@@H]1OC.COCCC[C@]1(C)C(=O)c2c(O)c(=O)c(C(=O)NCc3c(F)cc(F)cc3F)cn2C[C@@H]1OC.COCCC[C@]1(C)C(=O)c2c(O)c(=O)c(C(=O)NCc3ccccc3F)cn2C[C@@H]1OC. The van der Waals surface area contributed by atoms with Crippen LogP contribution in [-0.4, -0.2) is 193 Å². The summed E-state index contributed by atoms with van der Waals surface area (Å²) in [7, 11) is 12.0. The van der Waals surface area contributed by atoms with E-state index >= 15 is 0 Å². The average molecular weight is 1860 g/mol. The first-order chi connectivity index (χ1) is 62.6. The highest BCUT2D eigenvalue weighted by Gasteiger charge is 2.53. The number of pyridine rings is 4. The van der Waals surface area contributed by atoms with Crippen molar-refractivity contribution in [3.05, 3.63) is 252 Å². The molecule has 4 aliphatic rings. The van der Waals surface area contributed by atoms with E-state index in [4.69, 9.17) is 37.9 Å². The fraction of sp³-hybridized carbons (Fsp3) is 0.435. The summed E-state index contributed by atoms with van der Waals surface area (Å²) in [5.41, 5.74) is -11.3. The molecular weight excluding hydrogens is 1750 g/mol. The van der Waals surface area contributed by atoms with Crippen LogP contribution >= 0.6 is 0 Å². The molecule has 4 aromatic heterocycles. The second kappa shape index (κ2) is 44.7. The molecule has 712 valence electrons. The Labute approximate surface area is 751 Å². The Kier molecular flexibility index (Phi) is 34.9. The molecule has 132 heavy (non-hydrogen) atoms. The summed E-state index contributed by atoms with van der Waals surface area (Å²) in [4.78, 5) is 155. The number of carbonyl (C=O) groups excluding carboxylic acids is 8. The van der Waals surface area contributed by atoms with Gasteiger partial charge in [0.15, 0.2) is 46.1 Å². The van der Waals surface area contributed by atoms with Crippen LogP contribution in [0, 0.1) is 68.2 Å². The predicted octanol–water partition coefficient (Wildman–Crippen LogP) is 9.63. The molecule has 12 rings (SSSR count). The first kappa shape index (κ1) is 103. The monoisotopic (exact) mass is 1860 g/mol. The summed E-state index contributed by atoms with van der Waals surface area (Å²) in [6.45, 7) is 7.43. The minimum atomic E-state index is -1.20. The predicted molar refractivity (Wildman–Crippen MR) is 457 cm³/mol. The fourth-order valence-electron chi connectivity index (χ4n) is 16.6. The van der Waals surface area contributed by atoms with Gasteiger partial charge in [0.05, 0.1) is 72.3 Å². The van der Waals surface area contributed by atoms with E-state index in [1.165, 1.54) is 110 Å². The highest BCUT2D eigenvalue weighted by molar-refractivity contribution is 6.06. The molecule has 8 aromatic rings. The molecule has 0 aliphatic carbocycles. The van der Waals surface area contributed by atoms with E-state index < -0.39 is 219 Å². The first-order valence-electron chi connectivity index (χ1n) is 41.6. The van der Waals surface area contributed by atoms with Gasteiger partial charge in [-0.1, -0.05) is 36.4 Å². The number of benzene rings is 4. The number of ether oxygens (including phenoxy) is 8. The third-order valence-electron chi connectivity index (χ3n) is 24.4. The van der Waals surface area contributed by atoms with Crippen LogP contribution in [0.3, 0.4) is 0 Å². The van der Waals surface area contributed by atoms with Crippen molar-refractivity contribution in [3.63, 3.8) is 0 Å². The van der Waals surface area contributed by atoms with E-state index in [1.54, 1.807) is 54.0 Å². The van der Waals surface area contributed by atoms with Crippen LogP contribution in [0.2, 0.25) is 0 Å². The number of methoxy groups -OCH3 is 8. The van der Waals surface area contributed by atoms with Crippen LogP contribution in [-0.2, 0) is 90.3 Å². The van der Waals surface area contributed by atoms with Gasteiger partial charge in [0.25, 0.3) is 23.6 Å². The molecule has 0 unspecified atom stereocenters. The van der Waals surface area contributed by atoms with Gasteiger partial charge in [-0.25, -0.2) is 35.1 Å². The highest BCUT2D eigenvalue weighted by Crippen LogP contribution is 2.45. The number of rotatable bonds is 32. The summed E-state index contributed by atoms with van der Waals surface area (Å²) < 4.78 is 157. The van der Waals surface area contributed by atoms with Gasteiger partial charge in [0.2, 0.25) is 21.7 Å². The summed E-state index contributed by atoms with van der Waals surface area (Å²) in [5, 5.41) is 51.6. The number of aromatic hydroxyl groups is 4. The van der Waals surface area contributed by atoms with Crippen molar-refractivity contribution < 1.29 is 132 Å². The van der Waals surface area contributed by atoms with Crippen LogP contribution in [0.4, 0.5) is 35.1 Å². The van der Waals surface area contributed by atoms with Crippen LogP contribution in [0.25, 0.3) is 0 Å². The number of amides is 4. The lowest BCUT2D eigenvalue weighted by molar-refractivity contribution is -0.0212. The second-order valence-electron chi connectivity index (χ2n) is 32.8. The van der Waals surface area contributed by atoms with Crippen molar-refractivity contribution >= 4 is 46.8 Å². The van der Waals surface area contributed by atoms with Crippen LogP contribution in [0.1, 0.15) is 185 Å². The number of hydrogen-bond acceptors (Lipinski definition) is 24. The van der Waals surface area contributed by atoms with E-state index in [9.17, 15) is 113 Å². The number of carbonyl (C=O) groups is 8. The van der Waals surface area contributed by atoms with Crippen LogP contribution < -0.4 is 43.0 Å². The quantitative estimate of drug-likeness (QED) is 0.0144. The normalized spacial score (nSPS) is 19.9. The van der Waals surface area contributed by atoms with Crippen molar-refractivity contribution in [3.8, 4) is 23.0 Å². The molecule has 0 spiro atoms. The Morgan fingerprint density at radius 1 is 0.341 bits per heavy atom. The number of ketones is 4. The summed E-state index contributed by atoms with van der Waals surface area (Å²) >= 11 is 0. The lowest BCUT2D eigenvalue weighted by Crippen LogP contribution is -2.50. The molecule has 4 amide bonds. The number of nitrogens with zero attached hydrogens (tertiary/aromatic N) is 4. The van der Waals surface area contributed by atoms with E-state index in [0.717, 1.165) is 12.4 Å². The average Bonchev–Trinajstić information content (AvgIpc) is 0.751. The van der Waals surface area contributed by atoms with Crippen molar-refractivity contribution in [1.29, 1.82) is 0 Å². The van der Waals surface area contributed by atoms with E-state index in [-0.39, 0.29) is 84.3 Å². The third kappa shape index (κ3) is 22.0. The van der Waals surface area contributed by atoms with E-state index in [1.807, 2.05) is 0 Å². The first-order valence-corrected chi connectivity index (χ1v) is 41.6. The summed E-state index contributed by atoms with van der Waals surface area (Å²) in [6.07, 6.45) is 6.30. The zero-order chi connectivity index (χ0) is 97.3. The zero-order valence-electron chi connectivity index (χ0n) is 74.5. The van der Waals surface area contributed by atoms with Gasteiger partial charge in [-0.05, 0) is 91.2 Å². The van der Waals surface area contributed by atoms with Crippen molar-refractivity contribution in [1.82, 2.24) is 39.5 Å². The number of Topliss-reactive ketones (excluding diaryl/α,β-unsaturated/α-hetero) is 4. The van der Waals surface area contributed by atoms with Crippen LogP contribution in [0.5, 0.6) is 23.0 Å². The van der Waals surface area contributed by atoms with Gasteiger partial charge in [-0.2, -0.15) is 0 Å². The lowest BCUT2D eigenvalue weighted by atomic mass is 9.72. The molecule has 0 radical (unpaired) electrons. The molecule has 4 aliphatic heterocycles. The Balaban J connectivity index is 0.000000198. The van der Waals surface area contributed by atoms with Gasteiger partial charge < -0.3 is 97.9 Å². The molecule has 8 heterocycles. The molecule has 0 fully saturated rings.